The Bertz CT molecular complexity index is 692. The molecule has 3 rings (SSSR count). The van der Waals surface area contributed by atoms with Gasteiger partial charge in [-0.15, -0.1) is 0 Å². The van der Waals surface area contributed by atoms with Gasteiger partial charge in [-0.05, 0) is 24.1 Å². The van der Waals surface area contributed by atoms with E-state index in [1.165, 1.54) is 5.56 Å². The first-order valence-electron chi connectivity index (χ1n) is 8.70. The summed E-state index contributed by atoms with van der Waals surface area (Å²) in [5, 5.41) is 9.34. The van der Waals surface area contributed by atoms with Crippen molar-refractivity contribution in [2.24, 2.45) is 0 Å². The summed E-state index contributed by atoms with van der Waals surface area (Å²) in [5.41, 5.74) is 2.03. The summed E-state index contributed by atoms with van der Waals surface area (Å²) in [6.07, 6.45) is 4.11. The highest BCUT2D eigenvalue weighted by atomic mass is 15.3. The molecule has 0 amide bonds. The second-order valence-electron chi connectivity index (χ2n) is 6.33. The Balaban J connectivity index is 1.74. The van der Waals surface area contributed by atoms with Crippen LogP contribution in [-0.4, -0.2) is 35.6 Å². The van der Waals surface area contributed by atoms with Gasteiger partial charge in [-0.3, -0.25) is 4.90 Å². The largest absolute Gasteiger partial charge is 0.353 e. The molecule has 0 radical (unpaired) electrons. The van der Waals surface area contributed by atoms with Crippen LogP contribution < -0.4 is 4.90 Å². The van der Waals surface area contributed by atoms with E-state index >= 15 is 0 Å². The molecule has 2 aromatic rings. The van der Waals surface area contributed by atoms with Crippen molar-refractivity contribution in [3.63, 3.8) is 0 Å². The maximum absolute atomic E-state index is 9.34. The van der Waals surface area contributed by atoms with Gasteiger partial charge in [0.1, 0.15) is 11.9 Å². The molecule has 0 bridgehead atoms. The molecule has 124 valence electrons. The number of hydrogen-bond donors (Lipinski definition) is 0. The van der Waals surface area contributed by atoms with Gasteiger partial charge in [-0.2, -0.15) is 5.26 Å². The minimum absolute atomic E-state index is 0.498. The molecule has 1 aliphatic rings. The molecule has 1 fully saturated rings. The molecule has 4 nitrogen and oxygen atoms in total. The zero-order chi connectivity index (χ0) is 16.8. The molecule has 2 heterocycles. The molecular formula is C20H24N4. The van der Waals surface area contributed by atoms with Gasteiger partial charge in [-0.25, -0.2) is 4.98 Å². The number of anilines is 1. The molecule has 24 heavy (non-hydrogen) atoms. The van der Waals surface area contributed by atoms with E-state index in [-0.39, 0.29) is 0 Å². The summed E-state index contributed by atoms with van der Waals surface area (Å²) in [5.74, 6) is 0.834. The zero-order valence-electron chi connectivity index (χ0n) is 14.2. The second kappa shape index (κ2) is 7.94. The summed E-state index contributed by atoms with van der Waals surface area (Å²) < 4.78 is 0. The van der Waals surface area contributed by atoms with Crippen molar-refractivity contribution < 1.29 is 0 Å². The van der Waals surface area contributed by atoms with Crippen LogP contribution in [0, 0.1) is 11.3 Å². The number of hydrogen-bond acceptors (Lipinski definition) is 4. The van der Waals surface area contributed by atoms with Gasteiger partial charge in [0.25, 0.3) is 0 Å². The maximum atomic E-state index is 9.34. The van der Waals surface area contributed by atoms with Crippen LogP contribution in [0.1, 0.15) is 30.9 Å². The summed E-state index contributed by atoms with van der Waals surface area (Å²) >= 11 is 0. The maximum Gasteiger partial charge on any atom is 0.146 e. The van der Waals surface area contributed by atoms with Crippen LogP contribution in [0.2, 0.25) is 0 Å². The highest BCUT2D eigenvalue weighted by Crippen LogP contribution is 2.23. The normalized spacial score (nSPS) is 18.3. The third kappa shape index (κ3) is 3.74. The molecule has 1 aromatic carbocycles. The van der Waals surface area contributed by atoms with Crippen LogP contribution in [-0.2, 0) is 6.54 Å². The van der Waals surface area contributed by atoms with Crippen LogP contribution in [0.15, 0.2) is 48.7 Å². The number of benzene rings is 1. The predicted molar refractivity (Wildman–Crippen MR) is 96.7 cm³/mol. The lowest BCUT2D eigenvalue weighted by Crippen LogP contribution is -2.53. The first kappa shape index (κ1) is 16.5. The van der Waals surface area contributed by atoms with Crippen LogP contribution in [0.3, 0.4) is 0 Å². The highest BCUT2D eigenvalue weighted by molar-refractivity contribution is 5.53. The SMILES string of the molecule is CCCC1CN(c2ncccc2C#N)CCN1Cc1ccccc1. The Morgan fingerprint density at radius 2 is 2.00 bits per heavy atom. The van der Waals surface area contributed by atoms with Crippen molar-refractivity contribution in [1.82, 2.24) is 9.88 Å². The Labute approximate surface area is 144 Å². The molecule has 1 aliphatic heterocycles. The van der Waals surface area contributed by atoms with E-state index in [1.807, 2.05) is 12.1 Å². The van der Waals surface area contributed by atoms with Gasteiger partial charge < -0.3 is 4.90 Å². The van der Waals surface area contributed by atoms with Crippen molar-refractivity contribution in [3.05, 3.63) is 59.8 Å². The zero-order valence-corrected chi connectivity index (χ0v) is 14.2. The fourth-order valence-corrected chi connectivity index (χ4v) is 3.45. The van der Waals surface area contributed by atoms with Crippen LogP contribution in [0.4, 0.5) is 5.82 Å². The fraction of sp³-hybridized carbons (Fsp3) is 0.400. The van der Waals surface area contributed by atoms with Crippen LogP contribution >= 0.6 is 0 Å². The van der Waals surface area contributed by atoms with E-state index in [2.05, 4.69) is 58.1 Å². The first-order chi connectivity index (χ1) is 11.8. The molecule has 1 aromatic heterocycles. The lowest BCUT2D eigenvalue weighted by Gasteiger charge is -2.42. The van der Waals surface area contributed by atoms with Gasteiger partial charge >= 0.3 is 0 Å². The number of nitriles is 1. The highest BCUT2D eigenvalue weighted by Gasteiger charge is 2.28. The van der Waals surface area contributed by atoms with Crippen molar-refractivity contribution in [2.45, 2.75) is 32.4 Å². The van der Waals surface area contributed by atoms with E-state index in [9.17, 15) is 5.26 Å². The fourth-order valence-electron chi connectivity index (χ4n) is 3.45. The molecule has 1 unspecified atom stereocenters. The molecule has 1 saturated heterocycles. The van der Waals surface area contributed by atoms with Crippen molar-refractivity contribution >= 4 is 5.82 Å². The van der Waals surface area contributed by atoms with Crippen LogP contribution in [0.25, 0.3) is 0 Å². The third-order valence-electron chi connectivity index (χ3n) is 4.66. The quantitative estimate of drug-likeness (QED) is 0.846. The van der Waals surface area contributed by atoms with Crippen molar-refractivity contribution in [3.8, 4) is 6.07 Å². The standard InChI is InChI=1S/C20H24N4/c1-2-7-19-16-24(20-18(14-21)10-6-11-22-20)13-12-23(19)15-17-8-4-3-5-9-17/h3-6,8-11,19H,2,7,12-13,15-16H2,1H3. The number of pyridine rings is 1. The second-order valence-corrected chi connectivity index (χ2v) is 6.33. The van der Waals surface area contributed by atoms with E-state index in [0.717, 1.165) is 44.8 Å². The van der Waals surface area contributed by atoms with Crippen molar-refractivity contribution in [2.75, 3.05) is 24.5 Å². The summed E-state index contributed by atoms with van der Waals surface area (Å²) in [7, 11) is 0. The molecule has 4 heteroatoms. The van der Waals surface area contributed by atoms with Crippen LogP contribution in [0.5, 0.6) is 0 Å². The monoisotopic (exact) mass is 320 g/mol. The number of aromatic nitrogens is 1. The van der Waals surface area contributed by atoms with E-state index in [4.69, 9.17) is 0 Å². The first-order valence-corrected chi connectivity index (χ1v) is 8.70. The molecule has 0 saturated carbocycles. The van der Waals surface area contributed by atoms with E-state index in [1.54, 1.807) is 6.20 Å². The molecule has 0 aliphatic carbocycles. The van der Waals surface area contributed by atoms with Gasteiger partial charge in [0.05, 0.1) is 5.56 Å². The van der Waals surface area contributed by atoms with Crippen molar-refractivity contribution in [1.29, 1.82) is 5.26 Å². The number of rotatable bonds is 5. The smallest absolute Gasteiger partial charge is 0.146 e. The summed E-state index contributed by atoms with van der Waals surface area (Å²) in [4.78, 5) is 9.31. The topological polar surface area (TPSA) is 43.2 Å². The minimum Gasteiger partial charge on any atom is -0.353 e. The van der Waals surface area contributed by atoms with Gasteiger partial charge in [-0.1, -0.05) is 43.7 Å². The Morgan fingerprint density at radius 3 is 2.75 bits per heavy atom. The number of piperazine rings is 1. The average Bonchev–Trinajstić information content (AvgIpc) is 2.64. The minimum atomic E-state index is 0.498. The molecule has 0 spiro atoms. The molecule has 0 N–H and O–H groups in total. The summed E-state index contributed by atoms with van der Waals surface area (Å²) in [6.45, 7) is 6.08. The Hall–Kier alpha value is -2.38. The lowest BCUT2D eigenvalue weighted by molar-refractivity contribution is 0.158. The van der Waals surface area contributed by atoms with E-state index < -0.39 is 0 Å². The van der Waals surface area contributed by atoms with E-state index in [0.29, 0.717) is 11.6 Å². The predicted octanol–water partition coefficient (Wildman–Crippen LogP) is 3.44. The van der Waals surface area contributed by atoms with Gasteiger partial charge in [0.15, 0.2) is 0 Å². The van der Waals surface area contributed by atoms with Gasteiger partial charge in [0, 0.05) is 38.4 Å². The van der Waals surface area contributed by atoms with Gasteiger partial charge in [0.2, 0.25) is 0 Å². The summed E-state index contributed by atoms with van der Waals surface area (Å²) in [6, 6.07) is 17.1. The molecule has 1 atom stereocenters. The Kier molecular flexibility index (Phi) is 5.45. The Morgan fingerprint density at radius 1 is 1.17 bits per heavy atom. The lowest BCUT2D eigenvalue weighted by atomic mass is 10.0. The number of nitrogens with zero attached hydrogens (tertiary/aromatic N) is 4. The molecular weight excluding hydrogens is 296 g/mol. The average molecular weight is 320 g/mol. The third-order valence-corrected chi connectivity index (χ3v) is 4.66.